The molecule has 1 saturated heterocycles. The zero-order valence-corrected chi connectivity index (χ0v) is 20.3. The van der Waals surface area contributed by atoms with E-state index >= 15 is 0 Å². The molecule has 0 radical (unpaired) electrons. The first kappa shape index (κ1) is 23.6. The van der Waals surface area contributed by atoms with Crippen LogP contribution in [0.25, 0.3) is 0 Å². The fourth-order valence-electron chi connectivity index (χ4n) is 5.07. The van der Waals surface area contributed by atoms with Crippen LogP contribution in [0.5, 0.6) is 5.75 Å². The molecule has 6 nitrogen and oxygen atoms in total. The monoisotopic (exact) mass is 453 g/mol. The molecule has 2 atom stereocenters. The van der Waals surface area contributed by atoms with Gasteiger partial charge in [-0.1, -0.05) is 26.0 Å². The van der Waals surface area contributed by atoms with E-state index in [4.69, 9.17) is 14.2 Å². The van der Waals surface area contributed by atoms with Crippen LogP contribution in [0.4, 0.5) is 0 Å². The Hall–Kier alpha value is -2.60. The van der Waals surface area contributed by atoms with Crippen molar-refractivity contribution < 1.29 is 23.8 Å². The Morgan fingerprint density at radius 3 is 2.58 bits per heavy atom. The van der Waals surface area contributed by atoms with E-state index in [2.05, 4.69) is 19.2 Å². The van der Waals surface area contributed by atoms with Gasteiger partial charge < -0.3 is 19.5 Å². The Balaban J connectivity index is 1.69. The number of benzene rings is 1. The predicted octanol–water partition coefficient (Wildman–Crippen LogP) is 4.80. The van der Waals surface area contributed by atoms with Crippen LogP contribution in [0.1, 0.15) is 71.8 Å². The molecule has 2 aliphatic heterocycles. The second-order valence-corrected chi connectivity index (χ2v) is 10.4. The molecule has 0 bridgehead atoms. The molecule has 1 fully saturated rings. The minimum absolute atomic E-state index is 0.0517. The number of esters is 1. The van der Waals surface area contributed by atoms with Gasteiger partial charge in [0.1, 0.15) is 12.4 Å². The topological polar surface area (TPSA) is 73.9 Å². The first-order chi connectivity index (χ1) is 15.6. The number of nitrogens with one attached hydrogen (secondary N) is 1. The van der Waals surface area contributed by atoms with E-state index in [1.807, 2.05) is 45.0 Å². The molecule has 6 heteroatoms. The number of dihydropyridines is 1. The molecule has 0 unspecified atom stereocenters. The Bertz CT molecular complexity index is 980. The lowest BCUT2D eigenvalue weighted by Crippen LogP contribution is -2.39. The fourth-order valence-corrected chi connectivity index (χ4v) is 5.07. The van der Waals surface area contributed by atoms with Gasteiger partial charge in [-0.2, -0.15) is 0 Å². The highest BCUT2D eigenvalue weighted by molar-refractivity contribution is 6.04. The maximum absolute atomic E-state index is 13.4. The minimum atomic E-state index is -0.463. The van der Waals surface area contributed by atoms with Gasteiger partial charge in [0, 0.05) is 35.9 Å². The standard InChI is InChI=1S/C27H35NO5/c1-16(2)33-19-10-8-18(9-11-19)24-23(26(30)32-15-20-7-6-12-31-20)17(3)28-21-13-27(4,5)14-22(29)25(21)24/h8-11,16,20,24,28H,6-7,12-15H2,1-5H3/t20-,24-/m1/s1. The summed E-state index contributed by atoms with van der Waals surface area (Å²) in [6, 6.07) is 7.71. The van der Waals surface area contributed by atoms with Crippen molar-refractivity contribution in [1.29, 1.82) is 0 Å². The van der Waals surface area contributed by atoms with Crippen molar-refractivity contribution in [3.8, 4) is 5.75 Å². The van der Waals surface area contributed by atoms with E-state index in [0.717, 1.165) is 42.0 Å². The maximum atomic E-state index is 13.4. The SMILES string of the molecule is CC1=C(C(=O)OC[C@H]2CCCO2)[C@@H](c2ccc(OC(C)C)cc2)C2=C(CC(C)(C)CC2=O)N1. The normalized spacial score (nSPS) is 24.6. The largest absolute Gasteiger partial charge is 0.491 e. The lowest BCUT2D eigenvalue weighted by Gasteiger charge is -2.39. The summed E-state index contributed by atoms with van der Waals surface area (Å²) in [6.45, 7) is 11.0. The highest BCUT2D eigenvalue weighted by Gasteiger charge is 2.43. The van der Waals surface area contributed by atoms with Gasteiger partial charge >= 0.3 is 5.97 Å². The van der Waals surface area contributed by atoms with Crippen molar-refractivity contribution in [2.24, 2.45) is 5.41 Å². The molecule has 4 rings (SSSR count). The average Bonchev–Trinajstić information content (AvgIpc) is 3.24. The summed E-state index contributed by atoms with van der Waals surface area (Å²) in [7, 11) is 0. The highest BCUT2D eigenvalue weighted by Crippen LogP contribution is 2.47. The van der Waals surface area contributed by atoms with E-state index in [-0.39, 0.29) is 30.0 Å². The van der Waals surface area contributed by atoms with Crippen molar-refractivity contribution in [2.45, 2.75) is 78.4 Å². The second-order valence-electron chi connectivity index (χ2n) is 10.4. The maximum Gasteiger partial charge on any atom is 0.336 e. The number of hydrogen-bond donors (Lipinski definition) is 1. The third-order valence-electron chi connectivity index (χ3n) is 6.47. The van der Waals surface area contributed by atoms with Crippen molar-refractivity contribution in [3.05, 3.63) is 52.4 Å². The summed E-state index contributed by atoms with van der Waals surface area (Å²) in [5.74, 6) is -0.0171. The van der Waals surface area contributed by atoms with Gasteiger partial charge in [-0.05, 0) is 63.1 Å². The molecule has 3 aliphatic rings. The van der Waals surface area contributed by atoms with E-state index in [1.165, 1.54) is 0 Å². The zero-order chi connectivity index (χ0) is 23.8. The van der Waals surface area contributed by atoms with Crippen LogP contribution in [0.15, 0.2) is 46.8 Å². The lowest BCUT2D eigenvalue weighted by molar-refractivity contribution is -0.142. The number of ether oxygens (including phenoxy) is 3. The minimum Gasteiger partial charge on any atom is -0.491 e. The van der Waals surface area contributed by atoms with E-state index in [9.17, 15) is 9.59 Å². The van der Waals surface area contributed by atoms with Crippen molar-refractivity contribution >= 4 is 11.8 Å². The number of hydrogen-bond acceptors (Lipinski definition) is 6. The van der Waals surface area contributed by atoms with Gasteiger partial charge in [-0.3, -0.25) is 4.79 Å². The summed E-state index contributed by atoms with van der Waals surface area (Å²) in [5.41, 5.74) is 3.59. The van der Waals surface area contributed by atoms with Crippen LogP contribution in [-0.2, 0) is 19.1 Å². The van der Waals surface area contributed by atoms with E-state index in [0.29, 0.717) is 24.2 Å². The summed E-state index contributed by atoms with van der Waals surface area (Å²) < 4.78 is 17.1. The van der Waals surface area contributed by atoms with Gasteiger partial charge in [0.25, 0.3) is 0 Å². The van der Waals surface area contributed by atoms with Crippen LogP contribution in [0, 0.1) is 5.41 Å². The number of carbonyl (C=O) groups excluding carboxylic acids is 2. The van der Waals surface area contributed by atoms with E-state index in [1.54, 1.807) is 0 Å². The molecule has 0 saturated carbocycles. The number of Topliss-reactive ketones (excluding diaryl/α,β-unsaturated/α-hetero) is 1. The summed E-state index contributed by atoms with van der Waals surface area (Å²) in [4.78, 5) is 26.7. The van der Waals surface area contributed by atoms with Crippen molar-refractivity contribution in [3.63, 3.8) is 0 Å². The molecule has 1 aromatic carbocycles. The summed E-state index contributed by atoms with van der Waals surface area (Å²) in [5, 5.41) is 3.38. The number of rotatable bonds is 6. The first-order valence-electron chi connectivity index (χ1n) is 11.9. The molecule has 0 aromatic heterocycles. The average molecular weight is 454 g/mol. The molecule has 0 amide bonds. The summed E-state index contributed by atoms with van der Waals surface area (Å²) >= 11 is 0. The van der Waals surface area contributed by atoms with Gasteiger partial charge in [0.2, 0.25) is 0 Å². The van der Waals surface area contributed by atoms with E-state index < -0.39 is 11.9 Å². The number of carbonyl (C=O) groups is 2. The number of ketones is 1. The molecule has 2 heterocycles. The number of allylic oxidation sites excluding steroid dienone is 3. The van der Waals surface area contributed by atoms with Gasteiger partial charge in [-0.15, -0.1) is 0 Å². The molecule has 1 aliphatic carbocycles. The first-order valence-corrected chi connectivity index (χ1v) is 11.9. The summed E-state index contributed by atoms with van der Waals surface area (Å²) in [6.07, 6.45) is 3.11. The molecule has 178 valence electrons. The Morgan fingerprint density at radius 2 is 1.94 bits per heavy atom. The van der Waals surface area contributed by atoms with Crippen LogP contribution in [-0.4, -0.2) is 37.2 Å². The smallest absolute Gasteiger partial charge is 0.336 e. The lowest BCUT2D eigenvalue weighted by atomic mass is 9.68. The molecular weight excluding hydrogens is 418 g/mol. The quantitative estimate of drug-likeness (QED) is 0.624. The Morgan fingerprint density at radius 1 is 1.21 bits per heavy atom. The third-order valence-corrected chi connectivity index (χ3v) is 6.47. The molecule has 1 N–H and O–H groups in total. The van der Waals surface area contributed by atoms with Gasteiger partial charge in [0.15, 0.2) is 5.78 Å². The Kier molecular flexibility index (Phi) is 6.66. The highest BCUT2D eigenvalue weighted by atomic mass is 16.6. The van der Waals surface area contributed by atoms with Crippen LogP contribution in [0.3, 0.4) is 0 Å². The Labute approximate surface area is 196 Å². The molecule has 33 heavy (non-hydrogen) atoms. The second kappa shape index (κ2) is 9.34. The molecular formula is C27H35NO5. The van der Waals surface area contributed by atoms with Crippen molar-refractivity contribution in [2.75, 3.05) is 13.2 Å². The van der Waals surface area contributed by atoms with Crippen LogP contribution < -0.4 is 10.1 Å². The van der Waals surface area contributed by atoms with Gasteiger partial charge in [0.05, 0.1) is 17.8 Å². The van der Waals surface area contributed by atoms with Crippen molar-refractivity contribution in [1.82, 2.24) is 5.32 Å². The molecule has 0 spiro atoms. The fraction of sp³-hybridized carbons (Fsp3) is 0.556. The zero-order valence-electron chi connectivity index (χ0n) is 20.3. The van der Waals surface area contributed by atoms with Gasteiger partial charge in [-0.25, -0.2) is 4.79 Å². The molecule has 1 aromatic rings. The van der Waals surface area contributed by atoms with Crippen LogP contribution in [0.2, 0.25) is 0 Å². The third kappa shape index (κ3) is 5.16. The van der Waals surface area contributed by atoms with Crippen LogP contribution >= 0.6 is 0 Å². The predicted molar refractivity (Wildman–Crippen MR) is 126 cm³/mol.